The van der Waals surface area contributed by atoms with Crippen LogP contribution in [0.25, 0.3) is 0 Å². The Bertz CT molecular complexity index is 970. The van der Waals surface area contributed by atoms with Gasteiger partial charge in [-0.05, 0) is 29.3 Å². The molecule has 4 atom stereocenters. The molecule has 0 saturated carbocycles. The van der Waals surface area contributed by atoms with Gasteiger partial charge in [0.05, 0.1) is 17.5 Å². The zero-order valence-corrected chi connectivity index (χ0v) is 15.4. The summed E-state index contributed by atoms with van der Waals surface area (Å²) in [5.74, 6) is -1.41. The van der Waals surface area contributed by atoms with Gasteiger partial charge >= 0.3 is 0 Å². The molecule has 5 heteroatoms. The predicted molar refractivity (Wildman–Crippen MR) is 99.5 cm³/mol. The van der Waals surface area contributed by atoms with Gasteiger partial charge in [-0.1, -0.05) is 63.9 Å². The molecule has 124 valence electrons. The highest BCUT2D eigenvalue weighted by Gasteiger charge is 2.60. The van der Waals surface area contributed by atoms with Crippen LogP contribution in [0, 0.1) is 11.8 Å². The highest BCUT2D eigenvalue weighted by atomic mass is 79.9. The van der Waals surface area contributed by atoms with E-state index in [4.69, 9.17) is 11.6 Å². The first-order valence-corrected chi connectivity index (χ1v) is 9.34. The van der Waals surface area contributed by atoms with E-state index in [0.717, 1.165) is 15.6 Å². The van der Waals surface area contributed by atoms with Gasteiger partial charge in [-0.15, -0.1) is 0 Å². The minimum atomic E-state index is -0.413. The van der Waals surface area contributed by atoms with Crippen LogP contribution in [-0.2, 0) is 9.59 Å². The number of anilines is 1. The van der Waals surface area contributed by atoms with Crippen molar-refractivity contribution in [2.75, 3.05) is 4.90 Å². The first-order chi connectivity index (χ1) is 12.1. The van der Waals surface area contributed by atoms with Crippen molar-refractivity contribution in [3.8, 4) is 0 Å². The summed E-state index contributed by atoms with van der Waals surface area (Å²) in [7, 11) is 0. The van der Waals surface area contributed by atoms with Gasteiger partial charge in [0.15, 0.2) is 0 Å². The summed E-state index contributed by atoms with van der Waals surface area (Å²) in [4.78, 5) is 27.7. The Morgan fingerprint density at radius 2 is 1.64 bits per heavy atom. The largest absolute Gasteiger partial charge is 0.274 e. The number of hydrogen-bond acceptors (Lipinski definition) is 2. The normalized spacial score (nSPS) is 29.5. The van der Waals surface area contributed by atoms with Gasteiger partial charge in [0.25, 0.3) is 0 Å². The summed E-state index contributed by atoms with van der Waals surface area (Å²) in [5, 5.41) is 0.683. The lowest BCUT2D eigenvalue weighted by Gasteiger charge is -2.42. The zero-order valence-electron chi connectivity index (χ0n) is 13.0. The van der Waals surface area contributed by atoms with Crippen LogP contribution in [0.3, 0.4) is 0 Å². The molecular weight excluding hydrogens is 402 g/mol. The number of carbonyl (C=O) groups excluding carboxylic acids is 2. The smallest absolute Gasteiger partial charge is 0.238 e. The molecule has 3 nitrogen and oxygen atoms in total. The molecule has 1 fully saturated rings. The summed E-state index contributed by atoms with van der Waals surface area (Å²) in [6.45, 7) is 0. The number of imide groups is 1. The van der Waals surface area contributed by atoms with E-state index in [1.54, 1.807) is 12.1 Å². The van der Waals surface area contributed by atoms with E-state index >= 15 is 0 Å². The number of benzene rings is 2. The molecule has 2 aromatic carbocycles. The molecule has 6 rings (SSSR count). The van der Waals surface area contributed by atoms with Crippen LogP contribution < -0.4 is 4.90 Å². The SMILES string of the molecule is O=C1[C@@H]2[C@H](C(=O)N1c1cccc(Br)c1)[C@H]1C(Cl)=C[C@@H]2c2ccccc21. The Hall–Kier alpha value is -1.91. The standard InChI is InChI=1S/C20H13BrClNO2/c21-10-4-3-5-11(8-10)23-19(24)17-14-9-15(22)16(18(17)20(23)25)13-7-2-1-6-12(13)14/h1-9,14,16-18H/t14-,16-,17+,18-/m1/s1. The van der Waals surface area contributed by atoms with Gasteiger partial charge in [0.2, 0.25) is 11.8 Å². The molecule has 1 heterocycles. The van der Waals surface area contributed by atoms with Gasteiger partial charge in [-0.3, -0.25) is 9.59 Å². The predicted octanol–water partition coefficient (Wildman–Crippen LogP) is 4.57. The number of amides is 2. The molecule has 0 aromatic heterocycles. The average Bonchev–Trinajstić information content (AvgIpc) is 2.87. The lowest BCUT2D eigenvalue weighted by molar-refractivity contribution is -0.122. The second-order valence-corrected chi connectivity index (χ2v) is 8.08. The molecule has 3 aliphatic carbocycles. The number of nitrogens with zero attached hydrogens (tertiary/aromatic N) is 1. The van der Waals surface area contributed by atoms with Crippen molar-refractivity contribution in [2.24, 2.45) is 11.8 Å². The zero-order chi connectivity index (χ0) is 17.3. The topological polar surface area (TPSA) is 37.4 Å². The number of carbonyl (C=O) groups is 2. The van der Waals surface area contributed by atoms with E-state index in [0.29, 0.717) is 10.7 Å². The monoisotopic (exact) mass is 413 g/mol. The molecular formula is C20H13BrClNO2. The van der Waals surface area contributed by atoms with Gasteiger partial charge in [0, 0.05) is 21.3 Å². The molecule has 2 aromatic rings. The van der Waals surface area contributed by atoms with Gasteiger partial charge < -0.3 is 0 Å². The van der Waals surface area contributed by atoms with Crippen LogP contribution in [0.5, 0.6) is 0 Å². The minimum absolute atomic E-state index is 0.127. The molecule has 0 N–H and O–H groups in total. The first-order valence-electron chi connectivity index (χ1n) is 8.17. The van der Waals surface area contributed by atoms with E-state index in [1.807, 2.05) is 42.5 Å². The Morgan fingerprint density at radius 3 is 2.40 bits per heavy atom. The van der Waals surface area contributed by atoms with Crippen LogP contribution in [-0.4, -0.2) is 11.8 Å². The highest BCUT2D eigenvalue weighted by Crippen LogP contribution is 2.59. The molecule has 2 amide bonds. The Kier molecular flexibility index (Phi) is 3.25. The number of halogens is 2. The Morgan fingerprint density at radius 1 is 0.920 bits per heavy atom. The van der Waals surface area contributed by atoms with Crippen molar-refractivity contribution in [3.63, 3.8) is 0 Å². The fraction of sp³-hybridized carbons (Fsp3) is 0.200. The lowest BCUT2D eigenvalue weighted by atomic mass is 9.60. The van der Waals surface area contributed by atoms with E-state index in [2.05, 4.69) is 15.9 Å². The Labute approximate surface area is 158 Å². The van der Waals surface area contributed by atoms with Crippen molar-refractivity contribution >= 4 is 45.0 Å². The summed E-state index contributed by atoms with van der Waals surface area (Å²) < 4.78 is 0.836. The van der Waals surface area contributed by atoms with Crippen LogP contribution in [0.15, 0.2) is 64.1 Å². The summed E-state index contributed by atoms with van der Waals surface area (Å²) in [6, 6.07) is 15.3. The third kappa shape index (κ3) is 1.98. The number of rotatable bonds is 1. The Balaban J connectivity index is 1.66. The maximum absolute atomic E-state index is 13.2. The van der Waals surface area contributed by atoms with Crippen LogP contribution >= 0.6 is 27.5 Å². The number of allylic oxidation sites excluding steroid dienone is 2. The third-order valence-corrected chi connectivity index (χ3v) is 6.39. The fourth-order valence-corrected chi connectivity index (χ4v) is 5.36. The lowest BCUT2D eigenvalue weighted by Crippen LogP contribution is -2.38. The van der Waals surface area contributed by atoms with Crippen LogP contribution in [0.4, 0.5) is 5.69 Å². The van der Waals surface area contributed by atoms with Crippen molar-refractivity contribution in [1.82, 2.24) is 0 Å². The fourth-order valence-electron chi connectivity index (χ4n) is 4.58. The molecule has 0 spiro atoms. The van der Waals surface area contributed by atoms with Crippen LogP contribution in [0.2, 0.25) is 0 Å². The second kappa shape index (κ2) is 5.29. The molecule has 2 bridgehead atoms. The summed E-state index contributed by atoms with van der Waals surface area (Å²) >= 11 is 9.93. The molecule has 4 aliphatic rings. The van der Waals surface area contributed by atoms with Gasteiger partial charge in [-0.25, -0.2) is 4.90 Å². The van der Waals surface area contributed by atoms with Crippen molar-refractivity contribution in [3.05, 3.63) is 75.2 Å². The highest BCUT2D eigenvalue weighted by molar-refractivity contribution is 9.10. The maximum Gasteiger partial charge on any atom is 0.238 e. The molecule has 25 heavy (non-hydrogen) atoms. The second-order valence-electron chi connectivity index (χ2n) is 6.73. The van der Waals surface area contributed by atoms with Crippen molar-refractivity contribution in [2.45, 2.75) is 11.8 Å². The van der Waals surface area contributed by atoms with Crippen molar-refractivity contribution in [1.29, 1.82) is 0 Å². The van der Waals surface area contributed by atoms with Crippen molar-refractivity contribution < 1.29 is 9.59 Å². The summed E-state index contributed by atoms with van der Waals surface area (Å²) in [5.41, 5.74) is 2.81. The van der Waals surface area contributed by atoms with Gasteiger partial charge in [0.1, 0.15) is 0 Å². The average molecular weight is 415 g/mol. The van der Waals surface area contributed by atoms with E-state index in [-0.39, 0.29) is 29.6 Å². The number of hydrogen-bond donors (Lipinski definition) is 0. The van der Waals surface area contributed by atoms with E-state index in [9.17, 15) is 9.59 Å². The molecule has 1 saturated heterocycles. The summed E-state index contributed by atoms with van der Waals surface area (Å²) in [6.07, 6.45) is 1.96. The third-order valence-electron chi connectivity index (χ3n) is 5.54. The molecule has 0 unspecified atom stereocenters. The minimum Gasteiger partial charge on any atom is -0.274 e. The molecule has 0 radical (unpaired) electrons. The first kappa shape index (κ1) is 15.4. The van der Waals surface area contributed by atoms with Crippen LogP contribution in [0.1, 0.15) is 23.0 Å². The van der Waals surface area contributed by atoms with E-state index < -0.39 is 5.92 Å². The van der Waals surface area contributed by atoms with Gasteiger partial charge in [-0.2, -0.15) is 0 Å². The maximum atomic E-state index is 13.2. The van der Waals surface area contributed by atoms with E-state index in [1.165, 1.54) is 4.90 Å². The quantitative estimate of drug-likeness (QED) is 0.641. The molecule has 1 aliphatic heterocycles.